The highest BCUT2D eigenvalue weighted by Gasteiger charge is 2.26. The fourth-order valence-electron chi connectivity index (χ4n) is 2.11. The maximum absolute atomic E-state index is 13.6. The summed E-state index contributed by atoms with van der Waals surface area (Å²) in [5, 5.41) is 3.29. The molecule has 4 nitrogen and oxygen atoms in total. The average molecular weight is 292 g/mol. The molecule has 0 bridgehead atoms. The van der Waals surface area contributed by atoms with Gasteiger partial charge in [0, 0.05) is 0 Å². The van der Waals surface area contributed by atoms with Crippen LogP contribution in [0.4, 0.5) is 10.1 Å². The number of halogens is 1. The van der Waals surface area contributed by atoms with Crippen LogP contribution in [0.1, 0.15) is 12.8 Å². The van der Waals surface area contributed by atoms with Crippen molar-refractivity contribution < 1.29 is 13.9 Å². The number of hydrogen-bond acceptors (Lipinski definition) is 4. The van der Waals surface area contributed by atoms with Gasteiger partial charge in [0.15, 0.2) is 5.17 Å². The number of benzene rings is 1. The summed E-state index contributed by atoms with van der Waals surface area (Å²) in [5.74, 6) is -0.610. The van der Waals surface area contributed by atoms with Crippen molar-refractivity contribution in [3.63, 3.8) is 0 Å². The largest absolute Gasteiger partial charge is 0.381 e. The minimum absolute atomic E-state index is 0.245. The van der Waals surface area contributed by atoms with Crippen LogP contribution in [0.5, 0.6) is 0 Å². The number of aliphatic imine (C=N–C) groups is 1. The van der Waals surface area contributed by atoms with Crippen LogP contribution in [-0.2, 0) is 9.53 Å². The van der Waals surface area contributed by atoms with Crippen LogP contribution < -0.4 is 5.32 Å². The fraction of sp³-hybridized carbons (Fsp3) is 0.286. The Morgan fingerprint density at radius 1 is 1.25 bits per heavy atom. The van der Waals surface area contributed by atoms with E-state index in [4.69, 9.17) is 4.74 Å². The molecular formula is C14H13FN2O2S. The Morgan fingerprint density at radius 3 is 2.75 bits per heavy atom. The van der Waals surface area contributed by atoms with E-state index < -0.39 is 0 Å². The smallest absolute Gasteiger partial charge is 0.286 e. The van der Waals surface area contributed by atoms with Gasteiger partial charge in [-0.3, -0.25) is 4.79 Å². The van der Waals surface area contributed by atoms with Gasteiger partial charge < -0.3 is 10.1 Å². The Labute approximate surface area is 120 Å². The third-order valence-electron chi connectivity index (χ3n) is 3.13. The van der Waals surface area contributed by atoms with Gasteiger partial charge >= 0.3 is 0 Å². The minimum atomic E-state index is -0.365. The highest BCUT2D eigenvalue weighted by molar-refractivity contribution is 8.18. The lowest BCUT2D eigenvalue weighted by Gasteiger charge is -2.15. The van der Waals surface area contributed by atoms with E-state index in [0.29, 0.717) is 29.0 Å². The maximum atomic E-state index is 13.6. The van der Waals surface area contributed by atoms with Crippen molar-refractivity contribution in [3.05, 3.63) is 40.6 Å². The van der Waals surface area contributed by atoms with E-state index in [0.717, 1.165) is 18.4 Å². The maximum Gasteiger partial charge on any atom is 0.286 e. The van der Waals surface area contributed by atoms with Crippen molar-refractivity contribution in [1.29, 1.82) is 0 Å². The van der Waals surface area contributed by atoms with Crippen LogP contribution in [-0.4, -0.2) is 24.3 Å². The highest BCUT2D eigenvalue weighted by atomic mass is 32.2. The molecule has 2 aliphatic heterocycles. The van der Waals surface area contributed by atoms with Gasteiger partial charge in [0.05, 0.1) is 23.8 Å². The van der Waals surface area contributed by atoms with Gasteiger partial charge in [-0.05, 0) is 42.3 Å². The number of amidine groups is 1. The lowest BCUT2D eigenvalue weighted by molar-refractivity contribution is -0.113. The molecule has 0 atom stereocenters. The molecule has 0 unspecified atom stereocenters. The molecule has 0 spiro atoms. The number of carbonyl (C=O) groups is 1. The van der Waals surface area contributed by atoms with Gasteiger partial charge in [-0.25, -0.2) is 4.39 Å². The number of para-hydroxylation sites is 1. The predicted octanol–water partition coefficient (Wildman–Crippen LogP) is 2.93. The Bertz CT molecular complexity index is 605. The molecule has 6 heteroatoms. The number of thioether (sulfide) groups is 1. The molecule has 1 amide bonds. The molecule has 20 heavy (non-hydrogen) atoms. The van der Waals surface area contributed by atoms with Crippen molar-refractivity contribution in [2.45, 2.75) is 12.8 Å². The van der Waals surface area contributed by atoms with Crippen molar-refractivity contribution in [2.75, 3.05) is 18.5 Å². The lowest BCUT2D eigenvalue weighted by atomic mass is 10.1. The molecule has 1 aromatic rings. The van der Waals surface area contributed by atoms with E-state index in [2.05, 4.69) is 10.3 Å². The molecule has 0 aliphatic carbocycles. The lowest BCUT2D eigenvalue weighted by Crippen LogP contribution is -2.10. The number of rotatable bonds is 1. The summed E-state index contributed by atoms with van der Waals surface area (Å²) >= 11 is 1.28. The van der Waals surface area contributed by atoms with Crippen molar-refractivity contribution in [3.8, 4) is 0 Å². The second-order valence-corrected chi connectivity index (χ2v) is 5.47. The highest BCUT2D eigenvalue weighted by Crippen LogP contribution is 2.33. The molecule has 1 N–H and O–H groups in total. The number of amides is 1. The molecule has 1 saturated heterocycles. The molecule has 3 rings (SSSR count). The van der Waals surface area contributed by atoms with Crippen LogP contribution in [0, 0.1) is 5.82 Å². The summed E-state index contributed by atoms with van der Waals surface area (Å²) in [6.45, 7) is 1.28. The average Bonchev–Trinajstić information content (AvgIpc) is 2.83. The monoisotopic (exact) mass is 292 g/mol. The number of carbonyl (C=O) groups excluding carboxylic acids is 1. The number of hydrogen-bond donors (Lipinski definition) is 1. The predicted molar refractivity (Wildman–Crippen MR) is 77.1 cm³/mol. The quantitative estimate of drug-likeness (QED) is 0.809. The summed E-state index contributed by atoms with van der Waals surface area (Å²) < 4.78 is 18.8. The van der Waals surface area contributed by atoms with Crippen LogP contribution in [0.3, 0.4) is 0 Å². The number of nitrogens with one attached hydrogen (secondary N) is 1. The molecule has 1 fully saturated rings. The third kappa shape index (κ3) is 2.76. The summed E-state index contributed by atoms with van der Waals surface area (Å²) in [6, 6.07) is 6.32. The van der Waals surface area contributed by atoms with Crippen LogP contribution in [0.15, 0.2) is 39.7 Å². The topological polar surface area (TPSA) is 50.7 Å². The molecule has 0 saturated carbocycles. The first-order valence-electron chi connectivity index (χ1n) is 6.36. The summed E-state index contributed by atoms with van der Waals surface area (Å²) in [4.78, 5) is 16.5. The van der Waals surface area contributed by atoms with Gasteiger partial charge in [0.25, 0.3) is 5.91 Å². The van der Waals surface area contributed by atoms with E-state index in [1.54, 1.807) is 18.2 Å². The van der Waals surface area contributed by atoms with Crippen LogP contribution in [0.25, 0.3) is 0 Å². The first-order chi connectivity index (χ1) is 9.74. The summed E-state index contributed by atoms with van der Waals surface area (Å²) in [5.41, 5.74) is 1.41. The Morgan fingerprint density at radius 2 is 2.00 bits per heavy atom. The molecule has 2 heterocycles. The Hall–Kier alpha value is -1.66. The first kappa shape index (κ1) is 13.3. The molecular weight excluding hydrogens is 279 g/mol. The molecule has 2 aliphatic rings. The number of ether oxygens (including phenoxy) is 1. The standard InChI is InChI=1S/C14H13FN2O2S/c15-10-3-1-2-4-11(10)16-14-17-13(18)12(20-14)9-5-7-19-8-6-9/h1-4H,5-8H2,(H,16,17,18). The molecule has 1 aromatic carbocycles. The van der Waals surface area contributed by atoms with Gasteiger partial charge in [-0.15, -0.1) is 0 Å². The number of nitrogens with zero attached hydrogens (tertiary/aromatic N) is 1. The normalized spacial score (nSPS) is 19.2. The van der Waals surface area contributed by atoms with E-state index in [-0.39, 0.29) is 11.7 Å². The molecule has 0 aromatic heterocycles. The second kappa shape index (κ2) is 5.76. The fourth-order valence-corrected chi connectivity index (χ4v) is 3.07. The van der Waals surface area contributed by atoms with Crippen molar-refractivity contribution in [2.24, 2.45) is 4.99 Å². The molecule has 104 valence electrons. The summed E-state index contributed by atoms with van der Waals surface area (Å²) in [7, 11) is 0. The third-order valence-corrected chi connectivity index (χ3v) is 4.18. The van der Waals surface area contributed by atoms with Gasteiger partial charge in [0.2, 0.25) is 0 Å². The van der Waals surface area contributed by atoms with Gasteiger partial charge in [-0.1, -0.05) is 12.1 Å². The van der Waals surface area contributed by atoms with Crippen molar-refractivity contribution >= 4 is 28.5 Å². The minimum Gasteiger partial charge on any atom is -0.381 e. The zero-order chi connectivity index (χ0) is 13.9. The second-order valence-electron chi connectivity index (χ2n) is 4.47. The number of anilines is 1. The first-order valence-corrected chi connectivity index (χ1v) is 7.18. The van der Waals surface area contributed by atoms with Crippen LogP contribution >= 0.6 is 11.8 Å². The Balaban J connectivity index is 1.76. The van der Waals surface area contributed by atoms with E-state index >= 15 is 0 Å². The summed E-state index contributed by atoms with van der Waals surface area (Å²) in [6.07, 6.45) is 1.52. The van der Waals surface area contributed by atoms with E-state index in [1.807, 2.05) is 0 Å². The zero-order valence-electron chi connectivity index (χ0n) is 10.7. The van der Waals surface area contributed by atoms with Gasteiger partial charge in [-0.2, -0.15) is 4.99 Å². The zero-order valence-corrected chi connectivity index (χ0v) is 11.5. The molecule has 0 radical (unpaired) electrons. The van der Waals surface area contributed by atoms with Gasteiger partial charge in [0.1, 0.15) is 5.82 Å². The van der Waals surface area contributed by atoms with Crippen LogP contribution in [0.2, 0.25) is 0 Å². The SMILES string of the molecule is O=C1N=C(Nc2ccccc2F)SC1=C1CCOCC1. The van der Waals surface area contributed by atoms with Crippen molar-refractivity contribution in [1.82, 2.24) is 0 Å². The Kier molecular flexibility index (Phi) is 3.84. The van der Waals surface area contributed by atoms with E-state index in [9.17, 15) is 9.18 Å². The van der Waals surface area contributed by atoms with E-state index in [1.165, 1.54) is 17.8 Å².